The molecule has 1 aliphatic heterocycles. The molecule has 1 heterocycles. The number of hydrogen-bond donors (Lipinski definition) is 0. The molecular formula is C12H29NO. The lowest BCUT2D eigenvalue weighted by atomic mass is 10.3. The summed E-state index contributed by atoms with van der Waals surface area (Å²) in [6.07, 6.45) is 1.63. The Morgan fingerprint density at radius 1 is 1.21 bits per heavy atom. The van der Waals surface area contributed by atoms with E-state index in [-0.39, 0.29) is 0 Å². The number of hydrogen-bond acceptors (Lipinski definition) is 2. The van der Waals surface area contributed by atoms with Crippen LogP contribution >= 0.6 is 0 Å². The van der Waals surface area contributed by atoms with Gasteiger partial charge < -0.3 is 9.64 Å². The van der Waals surface area contributed by atoms with Crippen molar-refractivity contribution in [2.24, 2.45) is 0 Å². The Labute approximate surface area is 90.6 Å². The molecule has 0 bridgehead atoms. The number of rotatable bonds is 1. The molecular weight excluding hydrogens is 174 g/mol. The van der Waals surface area contributed by atoms with Crippen LogP contribution in [0.4, 0.5) is 0 Å². The summed E-state index contributed by atoms with van der Waals surface area (Å²) >= 11 is 0. The van der Waals surface area contributed by atoms with Crippen LogP contribution in [0.15, 0.2) is 0 Å². The van der Waals surface area contributed by atoms with Crippen LogP contribution in [0.1, 0.15) is 48.0 Å². The van der Waals surface area contributed by atoms with Gasteiger partial charge in [-0.3, -0.25) is 0 Å². The van der Waals surface area contributed by atoms with Crippen molar-refractivity contribution in [2.75, 3.05) is 26.2 Å². The molecule has 2 heteroatoms. The number of ether oxygens (including phenoxy) is 1. The Balaban J connectivity index is 0. The molecule has 0 spiro atoms. The molecule has 1 atom stereocenters. The van der Waals surface area contributed by atoms with Crippen LogP contribution in [-0.4, -0.2) is 37.2 Å². The molecule has 88 valence electrons. The largest absolute Gasteiger partial charge is 0.377 e. The van der Waals surface area contributed by atoms with E-state index in [0.717, 1.165) is 19.7 Å². The van der Waals surface area contributed by atoms with Crippen molar-refractivity contribution < 1.29 is 4.74 Å². The van der Waals surface area contributed by atoms with Crippen LogP contribution in [-0.2, 0) is 4.74 Å². The Bertz CT molecular complexity index is 96.3. The standard InChI is InChI=1S/C8H17NO.2C2H6/c1-3-9-5-4-6-10-8(2)7-9;2*1-2/h8H,3-7H2,1-2H3;2*1-2H3. The van der Waals surface area contributed by atoms with E-state index in [1.165, 1.54) is 13.0 Å². The summed E-state index contributed by atoms with van der Waals surface area (Å²) in [4.78, 5) is 2.44. The third-order valence-corrected chi connectivity index (χ3v) is 1.98. The van der Waals surface area contributed by atoms with Crippen molar-refractivity contribution in [1.29, 1.82) is 0 Å². The van der Waals surface area contributed by atoms with Gasteiger partial charge in [-0.1, -0.05) is 34.6 Å². The highest BCUT2D eigenvalue weighted by atomic mass is 16.5. The van der Waals surface area contributed by atoms with Gasteiger partial charge in [-0.05, 0) is 19.9 Å². The molecule has 1 unspecified atom stereocenters. The molecule has 2 nitrogen and oxygen atoms in total. The van der Waals surface area contributed by atoms with E-state index in [1.807, 2.05) is 27.7 Å². The second kappa shape index (κ2) is 12.9. The Hall–Kier alpha value is -0.0800. The molecule has 14 heavy (non-hydrogen) atoms. The minimum atomic E-state index is 0.433. The maximum absolute atomic E-state index is 5.49. The first kappa shape index (κ1) is 16.4. The molecule has 0 saturated carbocycles. The number of likely N-dealkylation sites (N-methyl/N-ethyl adjacent to an activating group) is 1. The lowest BCUT2D eigenvalue weighted by molar-refractivity contribution is 0.0685. The van der Waals surface area contributed by atoms with Crippen molar-refractivity contribution in [3.63, 3.8) is 0 Å². The van der Waals surface area contributed by atoms with Gasteiger partial charge in [0.05, 0.1) is 6.10 Å². The van der Waals surface area contributed by atoms with Gasteiger partial charge in [0.15, 0.2) is 0 Å². The Morgan fingerprint density at radius 2 is 1.79 bits per heavy atom. The van der Waals surface area contributed by atoms with Gasteiger partial charge in [-0.25, -0.2) is 0 Å². The topological polar surface area (TPSA) is 12.5 Å². The van der Waals surface area contributed by atoms with Gasteiger partial charge in [0.25, 0.3) is 0 Å². The zero-order valence-corrected chi connectivity index (χ0v) is 11.0. The van der Waals surface area contributed by atoms with E-state index in [4.69, 9.17) is 4.74 Å². The van der Waals surface area contributed by atoms with Crippen molar-refractivity contribution in [3.05, 3.63) is 0 Å². The average molecular weight is 203 g/mol. The van der Waals surface area contributed by atoms with Crippen LogP contribution in [0.25, 0.3) is 0 Å². The highest BCUT2D eigenvalue weighted by Gasteiger charge is 2.12. The Morgan fingerprint density at radius 3 is 2.29 bits per heavy atom. The zero-order chi connectivity index (χ0) is 11.4. The summed E-state index contributed by atoms with van der Waals surface area (Å²) < 4.78 is 5.49. The molecule has 0 aromatic rings. The summed E-state index contributed by atoms with van der Waals surface area (Å²) in [5.74, 6) is 0. The molecule has 0 N–H and O–H groups in total. The minimum absolute atomic E-state index is 0.433. The van der Waals surface area contributed by atoms with Crippen LogP contribution < -0.4 is 0 Å². The minimum Gasteiger partial charge on any atom is -0.377 e. The van der Waals surface area contributed by atoms with Gasteiger partial charge in [-0.15, -0.1) is 0 Å². The fourth-order valence-corrected chi connectivity index (χ4v) is 1.37. The van der Waals surface area contributed by atoms with E-state index >= 15 is 0 Å². The second-order valence-electron chi connectivity index (χ2n) is 2.93. The molecule has 0 aliphatic carbocycles. The van der Waals surface area contributed by atoms with E-state index in [0.29, 0.717) is 6.10 Å². The maximum Gasteiger partial charge on any atom is 0.0673 e. The fraction of sp³-hybridized carbons (Fsp3) is 1.00. The quantitative estimate of drug-likeness (QED) is 0.649. The van der Waals surface area contributed by atoms with Crippen molar-refractivity contribution in [1.82, 2.24) is 4.90 Å². The van der Waals surface area contributed by atoms with Crippen LogP contribution in [0.3, 0.4) is 0 Å². The summed E-state index contributed by atoms with van der Waals surface area (Å²) in [7, 11) is 0. The highest BCUT2D eigenvalue weighted by Crippen LogP contribution is 2.03. The van der Waals surface area contributed by atoms with Crippen molar-refractivity contribution in [3.8, 4) is 0 Å². The first-order valence-corrected chi connectivity index (χ1v) is 6.17. The summed E-state index contributed by atoms with van der Waals surface area (Å²) in [6.45, 7) is 16.8. The van der Waals surface area contributed by atoms with Crippen LogP contribution in [0.2, 0.25) is 0 Å². The predicted octanol–water partition coefficient (Wildman–Crippen LogP) is 3.17. The molecule has 1 aliphatic rings. The van der Waals surface area contributed by atoms with Gasteiger partial charge >= 0.3 is 0 Å². The fourth-order valence-electron chi connectivity index (χ4n) is 1.37. The molecule has 0 amide bonds. The van der Waals surface area contributed by atoms with E-state index < -0.39 is 0 Å². The highest BCUT2D eigenvalue weighted by molar-refractivity contribution is 4.64. The predicted molar refractivity (Wildman–Crippen MR) is 64.8 cm³/mol. The molecule has 0 radical (unpaired) electrons. The summed E-state index contributed by atoms with van der Waals surface area (Å²) in [5, 5.41) is 0. The van der Waals surface area contributed by atoms with Gasteiger partial charge in [0.1, 0.15) is 0 Å². The first-order chi connectivity index (χ1) is 6.83. The summed E-state index contributed by atoms with van der Waals surface area (Å²) in [6, 6.07) is 0. The van der Waals surface area contributed by atoms with Crippen LogP contribution in [0, 0.1) is 0 Å². The lowest BCUT2D eigenvalue weighted by Gasteiger charge is -2.18. The molecule has 1 fully saturated rings. The van der Waals surface area contributed by atoms with Gasteiger partial charge in [0.2, 0.25) is 0 Å². The third kappa shape index (κ3) is 8.52. The van der Waals surface area contributed by atoms with Crippen molar-refractivity contribution in [2.45, 2.75) is 54.1 Å². The van der Waals surface area contributed by atoms with E-state index in [2.05, 4.69) is 18.7 Å². The van der Waals surface area contributed by atoms with Gasteiger partial charge in [0, 0.05) is 19.7 Å². The maximum atomic E-state index is 5.49. The van der Waals surface area contributed by atoms with Crippen LogP contribution in [0.5, 0.6) is 0 Å². The SMILES string of the molecule is CC.CC.CCN1CCCOC(C)C1. The normalized spacial score (nSPS) is 22.3. The molecule has 1 rings (SSSR count). The first-order valence-electron chi connectivity index (χ1n) is 6.17. The summed E-state index contributed by atoms with van der Waals surface area (Å²) in [5.41, 5.74) is 0. The monoisotopic (exact) mass is 203 g/mol. The smallest absolute Gasteiger partial charge is 0.0673 e. The van der Waals surface area contributed by atoms with Crippen molar-refractivity contribution >= 4 is 0 Å². The lowest BCUT2D eigenvalue weighted by Crippen LogP contribution is -2.29. The second-order valence-corrected chi connectivity index (χ2v) is 2.93. The number of nitrogens with zero attached hydrogens (tertiary/aromatic N) is 1. The Kier molecular flexibility index (Phi) is 15.1. The molecule has 0 aromatic carbocycles. The molecule has 1 saturated heterocycles. The molecule has 0 aromatic heterocycles. The average Bonchev–Trinajstić information content (AvgIpc) is 2.48. The zero-order valence-electron chi connectivity index (χ0n) is 11.0. The van der Waals surface area contributed by atoms with Gasteiger partial charge in [-0.2, -0.15) is 0 Å². The third-order valence-electron chi connectivity index (χ3n) is 1.98. The van der Waals surface area contributed by atoms with E-state index in [1.54, 1.807) is 0 Å². The van der Waals surface area contributed by atoms with E-state index in [9.17, 15) is 0 Å².